The summed E-state index contributed by atoms with van der Waals surface area (Å²) in [6.45, 7) is 5.85. The number of pyridine rings is 1. The molecule has 0 aliphatic carbocycles. The van der Waals surface area contributed by atoms with Crippen molar-refractivity contribution < 1.29 is 9.53 Å². The van der Waals surface area contributed by atoms with Crippen molar-refractivity contribution >= 4 is 22.9 Å². The van der Waals surface area contributed by atoms with Crippen molar-refractivity contribution in [3.05, 3.63) is 65.7 Å². The smallest absolute Gasteiger partial charge is 0.261 e. The standard InChI is InChI=1S/C22H24N6O2S/c29-22(24-14-17-3-5-27-6-4-23-21(27)13-17)20-2-1-19(31-20)18-15-25-28(16-18)8-7-26-9-11-30-12-10-26/h1-6,13,15-16H,7-12,14H2,(H,24,29). The zero-order chi connectivity index (χ0) is 21.0. The maximum absolute atomic E-state index is 12.6. The number of morpholine rings is 1. The lowest BCUT2D eigenvalue weighted by Gasteiger charge is -2.26. The van der Waals surface area contributed by atoms with Crippen LogP contribution in [0.2, 0.25) is 0 Å². The topological polar surface area (TPSA) is 76.7 Å². The molecule has 8 nitrogen and oxygen atoms in total. The molecular formula is C22H24N6O2S. The lowest BCUT2D eigenvalue weighted by molar-refractivity contribution is 0.0360. The highest BCUT2D eigenvalue weighted by atomic mass is 32.1. The first-order valence-corrected chi connectivity index (χ1v) is 11.2. The predicted molar refractivity (Wildman–Crippen MR) is 119 cm³/mol. The Morgan fingerprint density at radius 1 is 1.16 bits per heavy atom. The summed E-state index contributed by atoms with van der Waals surface area (Å²) in [6, 6.07) is 7.82. The van der Waals surface area contributed by atoms with Crippen LogP contribution in [0, 0.1) is 0 Å². The number of fused-ring (bicyclic) bond motifs is 1. The van der Waals surface area contributed by atoms with Gasteiger partial charge in [-0.1, -0.05) is 0 Å². The number of carbonyl (C=O) groups excluding carboxylic acids is 1. The van der Waals surface area contributed by atoms with Crippen LogP contribution in [-0.2, 0) is 17.8 Å². The van der Waals surface area contributed by atoms with Crippen LogP contribution >= 0.6 is 11.3 Å². The highest BCUT2D eigenvalue weighted by Crippen LogP contribution is 2.27. The second-order valence-electron chi connectivity index (χ2n) is 7.52. The molecule has 0 spiro atoms. The minimum absolute atomic E-state index is 0.0702. The summed E-state index contributed by atoms with van der Waals surface area (Å²) in [5.41, 5.74) is 2.93. The van der Waals surface area contributed by atoms with Gasteiger partial charge in [0.1, 0.15) is 5.65 Å². The molecule has 4 aromatic rings. The van der Waals surface area contributed by atoms with Gasteiger partial charge in [0.05, 0.1) is 30.8 Å². The van der Waals surface area contributed by atoms with Gasteiger partial charge in [0.15, 0.2) is 0 Å². The van der Waals surface area contributed by atoms with Crippen LogP contribution in [0.4, 0.5) is 0 Å². The minimum atomic E-state index is -0.0702. The molecule has 0 radical (unpaired) electrons. The van der Waals surface area contributed by atoms with Crippen molar-refractivity contribution in [1.82, 2.24) is 29.4 Å². The van der Waals surface area contributed by atoms with E-state index in [2.05, 4.69) is 20.3 Å². The molecule has 0 saturated carbocycles. The molecule has 9 heteroatoms. The highest BCUT2D eigenvalue weighted by Gasteiger charge is 2.13. The zero-order valence-electron chi connectivity index (χ0n) is 17.1. The molecule has 4 aromatic heterocycles. The molecule has 5 rings (SSSR count). The number of hydrogen-bond donors (Lipinski definition) is 1. The third-order valence-electron chi connectivity index (χ3n) is 5.41. The van der Waals surface area contributed by atoms with Crippen molar-refractivity contribution in [3.8, 4) is 10.4 Å². The third-order valence-corrected chi connectivity index (χ3v) is 6.55. The van der Waals surface area contributed by atoms with Crippen LogP contribution in [0.1, 0.15) is 15.2 Å². The Balaban J connectivity index is 1.17. The second kappa shape index (κ2) is 9.01. The summed E-state index contributed by atoms with van der Waals surface area (Å²) in [4.78, 5) is 21.0. The van der Waals surface area contributed by atoms with Crippen LogP contribution in [0.5, 0.6) is 0 Å². The number of imidazole rings is 1. The zero-order valence-corrected chi connectivity index (χ0v) is 17.9. The van der Waals surface area contributed by atoms with Gasteiger partial charge in [-0.25, -0.2) is 4.98 Å². The molecule has 31 heavy (non-hydrogen) atoms. The van der Waals surface area contributed by atoms with E-state index in [1.54, 1.807) is 6.20 Å². The van der Waals surface area contributed by atoms with Crippen molar-refractivity contribution in [2.24, 2.45) is 0 Å². The molecule has 160 valence electrons. The summed E-state index contributed by atoms with van der Waals surface area (Å²) in [5.74, 6) is -0.0702. The summed E-state index contributed by atoms with van der Waals surface area (Å²) in [7, 11) is 0. The number of carbonyl (C=O) groups is 1. The fourth-order valence-corrected chi connectivity index (χ4v) is 4.53. The number of hydrogen-bond acceptors (Lipinski definition) is 6. The molecule has 0 aromatic carbocycles. The van der Waals surface area contributed by atoms with Gasteiger partial charge in [-0.15, -0.1) is 11.3 Å². The number of ether oxygens (including phenoxy) is 1. The summed E-state index contributed by atoms with van der Waals surface area (Å²) >= 11 is 1.48. The lowest BCUT2D eigenvalue weighted by atomic mass is 10.2. The number of amides is 1. The Kier molecular flexibility index (Phi) is 5.79. The molecule has 1 aliphatic rings. The normalized spacial score (nSPS) is 14.8. The van der Waals surface area contributed by atoms with Gasteiger partial charge in [-0.2, -0.15) is 5.10 Å². The first-order chi connectivity index (χ1) is 15.2. The van der Waals surface area contributed by atoms with Crippen molar-refractivity contribution in [3.63, 3.8) is 0 Å². The molecule has 1 amide bonds. The third kappa shape index (κ3) is 4.68. The highest BCUT2D eigenvalue weighted by molar-refractivity contribution is 7.17. The van der Waals surface area contributed by atoms with Crippen LogP contribution in [-0.4, -0.2) is 62.8 Å². The fraction of sp³-hybridized carbons (Fsp3) is 0.318. The molecule has 0 bridgehead atoms. The van der Waals surface area contributed by atoms with Crippen LogP contribution < -0.4 is 5.32 Å². The summed E-state index contributed by atoms with van der Waals surface area (Å²) < 4.78 is 9.30. The van der Waals surface area contributed by atoms with E-state index in [0.29, 0.717) is 11.4 Å². The van der Waals surface area contributed by atoms with Crippen LogP contribution in [0.15, 0.2) is 55.2 Å². The van der Waals surface area contributed by atoms with Gasteiger partial charge >= 0.3 is 0 Å². The lowest BCUT2D eigenvalue weighted by Crippen LogP contribution is -2.38. The number of aromatic nitrogens is 4. The molecule has 1 aliphatic heterocycles. The molecule has 0 atom stereocenters. The van der Waals surface area contributed by atoms with Gasteiger partial charge in [0.2, 0.25) is 0 Å². The second-order valence-corrected chi connectivity index (χ2v) is 8.60. The van der Waals surface area contributed by atoms with E-state index in [-0.39, 0.29) is 5.91 Å². The van der Waals surface area contributed by atoms with E-state index in [9.17, 15) is 4.79 Å². The quantitative estimate of drug-likeness (QED) is 0.482. The number of thiophene rings is 1. The summed E-state index contributed by atoms with van der Waals surface area (Å²) in [5, 5.41) is 7.48. The van der Waals surface area contributed by atoms with Gasteiger partial charge in [-0.05, 0) is 29.8 Å². The first kappa shape index (κ1) is 19.9. The Morgan fingerprint density at radius 3 is 2.97 bits per heavy atom. The average Bonchev–Trinajstić information content (AvgIpc) is 3.56. The maximum atomic E-state index is 12.6. The molecule has 1 N–H and O–H groups in total. The number of nitrogens with zero attached hydrogens (tertiary/aromatic N) is 5. The SMILES string of the molecule is O=C(NCc1ccn2ccnc2c1)c1ccc(-c2cnn(CCN3CCOCC3)c2)s1. The summed E-state index contributed by atoms with van der Waals surface area (Å²) in [6.07, 6.45) is 9.52. The van der Waals surface area contributed by atoms with E-state index < -0.39 is 0 Å². The largest absolute Gasteiger partial charge is 0.379 e. The molecule has 1 fully saturated rings. The fourth-order valence-electron chi connectivity index (χ4n) is 3.63. The maximum Gasteiger partial charge on any atom is 0.261 e. The molecule has 5 heterocycles. The average molecular weight is 437 g/mol. The number of rotatable bonds is 7. The molecular weight excluding hydrogens is 412 g/mol. The monoisotopic (exact) mass is 436 g/mol. The van der Waals surface area contributed by atoms with Crippen molar-refractivity contribution in [1.29, 1.82) is 0 Å². The Bertz CT molecular complexity index is 1170. The molecule has 0 unspecified atom stereocenters. The van der Waals surface area contributed by atoms with E-state index >= 15 is 0 Å². The van der Waals surface area contributed by atoms with E-state index in [0.717, 1.165) is 61.0 Å². The first-order valence-electron chi connectivity index (χ1n) is 10.4. The van der Waals surface area contributed by atoms with Crippen LogP contribution in [0.3, 0.4) is 0 Å². The molecule has 1 saturated heterocycles. The minimum Gasteiger partial charge on any atom is -0.379 e. The van der Waals surface area contributed by atoms with Gasteiger partial charge in [-0.3, -0.25) is 14.4 Å². The Labute approximate surface area is 184 Å². The van der Waals surface area contributed by atoms with E-state index in [1.165, 1.54) is 11.3 Å². The predicted octanol–water partition coefficient (Wildman–Crippen LogP) is 2.52. The number of nitrogens with one attached hydrogen (secondary N) is 1. The van der Waals surface area contributed by atoms with Crippen molar-refractivity contribution in [2.75, 3.05) is 32.8 Å². The Morgan fingerprint density at radius 2 is 2.06 bits per heavy atom. The Hall–Kier alpha value is -3.01. The van der Waals surface area contributed by atoms with E-state index in [4.69, 9.17) is 4.74 Å². The van der Waals surface area contributed by atoms with Gasteiger partial charge < -0.3 is 14.5 Å². The van der Waals surface area contributed by atoms with E-state index in [1.807, 2.05) is 58.1 Å². The van der Waals surface area contributed by atoms with Crippen molar-refractivity contribution in [2.45, 2.75) is 13.1 Å². The van der Waals surface area contributed by atoms with Gasteiger partial charge in [0, 0.05) is 61.4 Å². The van der Waals surface area contributed by atoms with Crippen LogP contribution in [0.25, 0.3) is 16.1 Å². The van der Waals surface area contributed by atoms with Gasteiger partial charge in [0.25, 0.3) is 5.91 Å².